The van der Waals surface area contributed by atoms with Crippen LogP contribution in [0.3, 0.4) is 0 Å². The van der Waals surface area contributed by atoms with Crippen molar-refractivity contribution in [3.8, 4) is 5.75 Å². The molecule has 0 aromatic heterocycles. The molecule has 0 radical (unpaired) electrons. The maximum Gasteiger partial charge on any atom is 0.306 e. The summed E-state index contributed by atoms with van der Waals surface area (Å²) in [6.45, 7) is 3.22. The first-order chi connectivity index (χ1) is 8.34. The fraction of sp³-hybridized carbons (Fsp3) is 0.417. The molecule has 0 fully saturated rings. The van der Waals surface area contributed by atoms with Gasteiger partial charge in [0.05, 0.1) is 23.2 Å². The molecule has 0 saturated heterocycles. The third-order valence-electron chi connectivity index (χ3n) is 2.34. The molecule has 0 atom stereocenters. The van der Waals surface area contributed by atoms with Crippen LogP contribution in [-0.4, -0.2) is 31.4 Å². The van der Waals surface area contributed by atoms with Crippen LogP contribution in [0.2, 0.25) is 0 Å². The van der Waals surface area contributed by atoms with E-state index in [-0.39, 0.29) is 17.9 Å². The van der Waals surface area contributed by atoms with Gasteiger partial charge in [0.1, 0.15) is 5.75 Å². The molecular formula is C12H16O5S. The molecule has 0 saturated carbocycles. The van der Waals surface area contributed by atoms with E-state index < -0.39 is 21.1 Å². The lowest BCUT2D eigenvalue weighted by Crippen LogP contribution is -2.14. The monoisotopic (exact) mass is 272 g/mol. The Morgan fingerprint density at radius 2 is 2.06 bits per heavy atom. The van der Waals surface area contributed by atoms with Crippen LogP contribution in [0.1, 0.15) is 20.3 Å². The molecule has 0 aliphatic carbocycles. The number of ether oxygens (including phenoxy) is 1. The number of benzene rings is 1. The molecule has 0 amide bonds. The van der Waals surface area contributed by atoms with Gasteiger partial charge < -0.3 is 9.84 Å². The zero-order valence-corrected chi connectivity index (χ0v) is 11.1. The summed E-state index contributed by atoms with van der Waals surface area (Å²) in [5.41, 5.74) is 0. The summed E-state index contributed by atoms with van der Waals surface area (Å²) in [6, 6.07) is 6.09. The number of rotatable bonds is 6. The number of hydrogen-bond donors (Lipinski definition) is 1. The molecule has 0 heterocycles. The van der Waals surface area contributed by atoms with Crippen LogP contribution in [-0.2, 0) is 14.6 Å². The minimum absolute atomic E-state index is 0.0144. The zero-order chi connectivity index (χ0) is 13.8. The van der Waals surface area contributed by atoms with Crippen molar-refractivity contribution in [2.24, 2.45) is 0 Å². The molecule has 1 N–H and O–H groups in total. The van der Waals surface area contributed by atoms with E-state index in [1.165, 1.54) is 12.1 Å². The van der Waals surface area contributed by atoms with Crippen molar-refractivity contribution in [2.45, 2.75) is 30.4 Å². The highest BCUT2D eigenvalue weighted by Gasteiger charge is 2.19. The van der Waals surface area contributed by atoms with E-state index in [2.05, 4.69) is 0 Å². The highest BCUT2D eigenvalue weighted by molar-refractivity contribution is 7.92. The second kappa shape index (κ2) is 5.86. The maximum absolute atomic E-state index is 11.9. The second-order valence-corrected chi connectivity index (χ2v) is 6.57. The van der Waals surface area contributed by atoms with E-state index >= 15 is 0 Å². The lowest BCUT2D eigenvalue weighted by Gasteiger charge is -2.10. The first-order valence-corrected chi connectivity index (χ1v) is 7.07. The van der Waals surface area contributed by atoms with Gasteiger partial charge in [-0.15, -0.1) is 0 Å². The highest BCUT2D eigenvalue weighted by Crippen LogP contribution is 2.21. The molecule has 5 nitrogen and oxygen atoms in total. The molecule has 0 unspecified atom stereocenters. The van der Waals surface area contributed by atoms with E-state index in [4.69, 9.17) is 9.84 Å². The molecule has 1 aromatic rings. The molecule has 6 heteroatoms. The van der Waals surface area contributed by atoms with Gasteiger partial charge >= 0.3 is 5.97 Å². The van der Waals surface area contributed by atoms with Crippen molar-refractivity contribution in [3.05, 3.63) is 24.3 Å². The Kier molecular flexibility index (Phi) is 4.72. The van der Waals surface area contributed by atoms with Gasteiger partial charge in [-0.25, -0.2) is 8.42 Å². The normalized spacial score (nSPS) is 11.5. The average Bonchev–Trinajstić information content (AvgIpc) is 2.28. The fourth-order valence-corrected chi connectivity index (χ4v) is 2.36. The number of carboxylic acids is 1. The predicted molar refractivity (Wildman–Crippen MR) is 66.5 cm³/mol. The summed E-state index contributed by atoms with van der Waals surface area (Å²) >= 11 is 0. The Bertz CT molecular complexity index is 519. The van der Waals surface area contributed by atoms with Crippen molar-refractivity contribution < 1.29 is 23.1 Å². The molecule has 0 aliphatic heterocycles. The van der Waals surface area contributed by atoms with Gasteiger partial charge in [-0.2, -0.15) is 0 Å². The van der Waals surface area contributed by atoms with E-state index in [1.807, 2.05) is 0 Å². The number of hydrogen-bond acceptors (Lipinski definition) is 4. The van der Waals surface area contributed by atoms with Crippen molar-refractivity contribution in [1.29, 1.82) is 0 Å². The van der Waals surface area contributed by atoms with Crippen LogP contribution in [0.15, 0.2) is 29.2 Å². The summed E-state index contributed by atoms with van der Waals surface area (Å²) in [5, 5.41) is 7.96. The van der Waals surface area contributed by atoms with Gasteiger partial charge in [0.2, 0.25) is 0 Å². The lowest BCUT2D eigenvalue weighted by atomic mass is 10.3. The van der Waals surface area contributed by atoms with Gasteiger partial charge in [-0.3, -0.25) is 4.79 Å². The number of aliphatic carboxylic acids is 1. The largest absolute Gasteiger partial charge is 0.493 e. The van der Waals surface area contributed by atoms with Crippen molar-refractivity contribution >= 4 is 15.8 Å². The SMILES string of the molecule is CC(C)S(=O)(=O)c1cccc(OCCC(=O)O)c1. The van der Waals surface area contributed by atoms with Gasteiger partial charge in [0, 0.05) is 0 Å². The minimum atomic E-state index is -3.34. The van der Waals surface area contributed by atoms with Crippen LogP contribution in [0.25, 0.3) is 0 Å². The second-order valence-electron chi connectivity index (χ2n) is 4.06. The zero-order valence-electron chi connectivity index (χ0n) is 10.3. The molecule has 100 valence electrons. The summed E-state index contributed by atoms with van der Waals surface area (Å²) in [7, 11) is -3.34. The molecule has 1 aromatic carbocycles. The van der Waals surface area contributed by atoms with Crippen LogP contribution in [0.4, 0.5) is 0 Å². The molecule has 0 aliphatic rings. The molecule has 0 bridgehead atoms. The number of carboxylic acid groups (broad SMARTS) is 1. The Morgan fingerprint density at radius 1 is 1.39 bits per heavy atom. The topological polar surface area (TPSA) is 80.7 Å². The average molecular weight is 272 g/mol. The molecule has 18 heavy (non-hydrogen) atoms. The van der Waals surface area contributed by atoms with E-state index in [0.29, 0.717) is 5.75 Å². The summed E-state index contributed by atoms with van der Waals surface area (Å²) in [4.78, 5) is 10.5. The van der Waals surface area contributed by atoms with E-state index in [1.54, 1.807) is 26.0 Å². The predicted octanol–water partition coefficient (Wildman–Crippen LogP) is 1.72. The van der Waals surface area contributed by atoms with Gasteiger partial charge in [-0.1, -0.05) is 6.07 Å². The van der Waals surface area contributed by atoms with E-state index in [0.717, 1.165) is 0 Å². The van der Waals surface area contributed by atoms with Gasteiger partial charge in [-0.05, 0) is 32.0 Å². The maximum atomic E-state index is 11.9. The third-order valence-corrected chi connectivity index (χ3v) is 4.49. The van der Waals surface area contributed by atoms with Crippen LogP contribution >= 0.6 is 0 Å². The highest BCUT2D eigenvalue weighted by atomic mass is 32.2. The Hall–Kier alpha value is -1.56. The van der Waals surface area contributed by atoms with Crippen LogP contribution < -0.4 is 4.74 Å². The van der Waals surface area contributed by atoms with Gasteiger partial charge in [0.25, 0.3) is 0 Å². The van der Waals surface area contributed by atoms with Crippen molar-refractivity contribution in [2.75, 3.05) is 6.61 Å². The molecule has 0 spiro atoms. The van der Waals surface area contributed by atoms with Crippen LogP contribution in [0.5, 0.6) is 5.75 Å². The summed E-state index contributed by atoms with van der Waals surface area (Å²) in [6.07, 6.45) is -0.124. The quantitative estimate of drug-likeness (QED) is 0.852. The first kappa shape index (κ1) is 14.5. The van der Waals surface area contributed by atoms with Gasteiger partial charge in [0.15, 0.2) is 9.84 Å². The minimum Gasteiger partial charge on any atom is -0.493 e. The summed E-state index contributed by atoms with van der Waals surface area (Å²) < 4.78 is 29.0. The molecular weight excluding hydrogens is 256 g/mol. The Labute approximate surface area is 106 Å². The third kappa shape index (κ3) is 3.73. The van der Waals surface area contributed by atoms with Crippen LogP contribution in [0, 0.1) is 0 Å². The number of sulfone groups is 1. The lowest BCUT2D eigenvalue weighted by molar-refractivity contribution is -0.137. The van der Waals surface area contributed by atoms with E-state index in [9.17, 15) is 13.2 Å². The smallest absolute Gasteiger partial charge is 0.306 e. The van der Waals surface area contributed by atoms with Crippen molar-refractivity contribution in [3.63, 3.8) is 0 Å². The first-order valence-electron chi connectivity index (χ1n) is 5.52. The fourth-order valence-electron chi connectivity index (χ4n) is 1.27. The number of carbonyl (C=O) groups is 1. The molecule has 1 rings (SSSR count). The standard InChI is InChI=1S/C12H16O5S/c1-9(2)18(15,16)11-5-3-4-10(8-11)17-7-6-12(13)14/h3-5,8-9H,6-7H2,1-2H3,(H,13,14). The summed E-state index contributed by atoms with van der Waals surface area (Å²) in [5.74, 6) is -0.598. The Morgan fingerprint density at radius 3 is 2.61 bits per heavy atom. The Balaban J connectivity index is 2.83. The van der Waals surface area contributed by atoms with Crippen molar-refractivity contribution in [1.82, 2.24) is 0 Å².